The Labute approximate surface area is 131 Å². The van der Waals surface area contributed by atoms with Gasteiger partial charge in [-0.05, 0) is 49.2 Å². The third-order valence-corrected chi connectivity index (χ3v) is 3.24. The van der Waals surface area contributed by atoms with E-state index >= 15 is 0 Å². The Morgan fingerprint density at radius 2 is 1.90 bits per heavy atom. The molecule has 0 spiro atoms. The van der Waals surface area contributed by atoms with Gasteiger partial charge >= 0.3 is 0 Å². The van der Waals surface area contributed by atoms with Crippen molar-refractivity contribution in [1.82, 2.24) is 0 Å². The van der Waals surface area contributed by atoms with Gasteiger partial charge in [-0.1, -0.05) is 42.8 Å². The molecule has 0 radical (unpaired) electrons. The van der Waals surface area contributed by atoms with Gasteiger partial charge in [-0.15, -0.1) is 0 Å². The van der Waals surface area contributed by atoms with Crippen LogP contribution in [0, 0.1) is 6.92 Å². The number of halogens is 1. The summed E-state index contributed by atoms with van der Waals surface area (Å²) in [5, 5.41) is 4.04. The first-order valence-corrected chi connectivity index (χ1v) is 7.39. The Kier molecular flexibility index (Phi) is 5.59. The molecule has 0 aromatic heterocycles. The van der Waals surface area contributed by atoms with E-state index in [4.69, 9.17) is 11.6 Å². The van der Waals surface area contributed by atoms with E-state index in [0.717, 1.165) is 29.0 Å². The SMILES string of the molecule is CC/C=C(\Cl)C=Nc1ccc(Nc2ccccc2)cc1C. The summed E-state index contributed by atoms with van der Waals surface area (Å²) in [7, 11) is 0. The first kappa shape index (κ1) is 15.3. The summed E-state index contributed by atoms with van der Waals surface area (Å²) < 4.78 is 0. The highest BCUT2D eigenvalue weighted by Crippen LogP contribution is 2.24. The molecule has 2 rings (SSSR count). The minimum Gasteiger partial charge on any atom is -0.356 e. The molecule has 108 valence electrons. The van der Waals surface area contributed by atoms with E-state index in [0.29, 0.717) is 5.03 Å². The molecule has 0 aliphatic heterocycles. The van der Waals surface area contributed by atoms with Gasteiger partial charge < -0.3 is 5.32 Å². The van der Waals surface area contributed by atoms with E-state index in [2.05, 4.69) is 16.4 Å². The Balaban J connectivity index is 2.12. The quantitative estimate of drug-likeness (QED) is 0.675. The van der Waals surface area contributed by atoms with E-state index in [1.54, 1.807) is 6.21 Å². The van der Waals surface area contributed by atoms with Crippen LogP contribution in [0.4, 0.5) is 17.1 Å². The molecule has 1 N–H and O–H groups in total. The third-order valence-electron chi connectivity index (χ3n) is 2.99. The maximum atomic E-state index is 6.02. The average Bonchev–Trinajstić information content (AvgIpc) is 2.48. The number of benzene rings is 2. The fourth-order valence-electron chi connectivity index (χ4n) is 1.95. The van der Waals surface area contributed by atoms with Gasteiger partial charge in [0, 0.05) is 17.6 Å². The van der Waals surface area contributed by atoms with Crippen LogP contribution in [-0.4, -0.2) is 6.21 Å². The van der Waals surface area contributed by atoms with Crippen LogP contribution < -0.4 is 5.32 Å². The number of aryl methyl sites for hydroxylation is 1. The summed E-state index contributed by atoms with van der Waals surface area (Å²) in [5.74, 6) is 0. The molecular formula is C18H19ClN2. The lowest BCUT2D eigenvalue weighted by Gasteiger charge is -2.08. The number of allylic oxidation sites excluding steroid dienone is 2. The summed E-state index contributed by atoms with van der Waals surface area (Å²) in [6, 6.07) is 16.2. The van der Waals surface area contributed by atoms with Gasteiger partial charge in [-0.3, -0.25) is 4.99 Å². The molecule has 2 aromatic rings. The standard InChI is InChI=1S/C18H19ClN2/c1-3-7-15(19)13-20-18-11-10-17(12-14(18)2)21-16-8-5-4-6-9-16/h4-13,21H,3H2,1-2H3/b15-7-,20-13?. The molecule has 0 saturated carbocycles. The normalized spacial score (nSPS) is 11.9. The number of aliphatic imine (C=N–C) groups is 1. The Hall–Kier alpha value is -2.06. The van der Waals surface area contributed by atoms with Gasteiger partial charge in [0.25, 0.3) is 0 Å². The highest BCUT2D eigenvalue weighted by Gasteiger charge is 1.99. The van der Waals surface area contributed by atoms with Crippen LogP contribution in [0.3, 0.4) is 0 Å². The van der Waals surface area contributed by atoms with Gasteiger partial charge in [0.2, 0.25) is 0 Å². The van der Waals surface area contributed by atoms with Gasteiger partial charge in [-0.25, -0.2) is 0 Å². The predicted molar refractivity (Wildman–Crippen MR) is 93.3 cm³/mol. The number of hydrogen-bond donors (Lipinski definition) is 1. The van der Waals surface area contributed by atoms with Crippen molar-refractivity contribution in [3.8, 4) is 0 Å². The zero-order chi connectivity index (χ0) is 15.1. The molecule has 2 nitrogen and oxygen atoms in total. The van der Waals surface area contributed by atoms with E-state index < -0.39 is 0 Å². The van der Waals surface area contributed by atoms with Crippen molar-refractivity contribution in [3.63, 3.8) is 0 Å². The van der Waals surface area contributed by atoms with Gasteiger partial charge in [0.05, 0.1) is 10.7 Å². The van der Waals surface area contributed by atoms with Crippen molar-refractivity contribution >= 4 is 34.9 Å². The lowest BCUT2D eigenvalue weighted by atomic mass is 10.1. The lowest BCUT2D eigenvalue weighted by Crippen LogP contribution is -1.90. The number of nitrogens with one attached hydrogen (secondary N) is 1. The molecule has 0 amide bonds. The van der Waals surface area contributed by atoms with Gasteiger partial charge in [0.1, 0.15) is 0 Å². The summed E-state index contributed by atoms with van der Waals surface area (Å²) in [4.78, 5) is 4.42. The van der Waals surface area contributed by atoms with Crippen LogP contribution >= 0.6 is 11.6 Å². The largest absolute Gasteiger partial charge is 0.356 e. The highest BCUT2D eigenvalue weighted by atomic mass is 35.5. The predicted octanol–water partition coefficient (Wildman–Crippen LogP) is 5.97. The van der Waals surface area contributed by atoms with E-state index in [1.165, 1.54) is 0 Å². The number of para-hydroxylation sites is 1. The maximum Gasteiger partial charge on any atom is 0.0660 e. The molecule has 0 aliphatic rings. The topological polar surface area (TPSA) is 24.4 Å². The van der Waals surface area contributed by atoms with Crippen LogP contribution in [0.5, 0.6) is 0 Å². The number of nitrogens with zero attached hydrogens (tertiary/aromatic N) is 1. The fraction of sp³-hybridized carbons (Fsp3) is 0.167. The zero-order valence-corrected chi connectivity index (χ0v) is 13.1. The fourth-order valence-corrected chi connectivity index (χ4v) is 2.15. The first-order valence-electron chi connectivity index (χ1n) is 7.01. The first-order chi connectivity index (χ1) is 10.2. The molecule has 0 saturated heterocycles. The molecule has 0 bridgehead atoms. The Morgan fingerprint density at radius 1 is 1.14 bits per heavy atom. The lowest BCUT2D eigenvalue weighted by molar-refractivity contribution is 1.22. The summed E-state index contributed by atoms with van der Waals surface area (Å²) in [6.45, 7) is 4.09. The monoisotopic (exact) mass is 298 g/mol. The second kappa shape index (κ2) is 7.65. The van der Waals surface area contributed by atoms with Crippen LogP contribution in [0.25, 0.3) is 0 Å². The van der Waals surface area contributed by atoms with E-state index in [-0.39, 0.29) is 0 Å². The minimum atomic E-state index is 0.670. The van der Waals surface area contributed by atoms with E-state index in [1.807, 2.05) is 62.4 Å². The molecule has 0 atom stereocenters. The Morgan fingerprint density at radius 3 is 2.57 bits per heavy atom. The molecule has 0 unspecified atom stereocenters. The van der Waals surface area contributed by atoms with Crippen molar-refractivity contribution in [2.24, 2.45) is 4.99 Å². The van der Waals surface area contributed by atoms with Crippen molar-refractivity contribution in [3.05, 3.63) is 65.2 Å². The van der Waals surface area contributed by atoms with Gasteiger partial charge in [0.15, 0.2) is 0 Å². The van der Waals surface area contributed by atoms with Crippen LogP contribution in [-0.2, 0) is 0 Å². The van der Waals surface area contributed by atoms with Crippen LogP contribution in [0.15, 0.2) is 64.6 Å². The van der Waals surface area contributed by atoms with Crippen LogP contribution in [0.2, 0.25) is 0 Å². The summed E-state index contributed by atoms with van der Waals surface area (Å²) in [6.07, 6.45) is 4.53. The number of rotatable bonds is 5. The summed E-state index contributed by atoms with van der Waals surface area (Å²) >= 11 is 6.02. The molecule has 0 heterocycles. The number of hydrogen-bond acceptors (Lipinski definition) is 2. The molecule has 0 fully saturated rings. The van der Waals surface area contributed by atoms with E-state index in [9.17, 15) is 0 Å². The molecule has 21 heavy (non-hydrogen) atoms. The van der Waals surface area contributed by atoms with Crippen molar-refractivity contribution in [2.45, 2.75) is 20.3 Å². The minimum absolute atomic E-state index is 0.670. The average molecular weight is 299 g/mol. The highest BCUT2D eigenvalue weighted by molar-refractivity contribution is 6.39. The molecule has 3 heteroatoms. The van der Waals surface area contributed by atoms with Gasteiger partial charge in [-0.2, -0.15) is 0 Å². The zero-order valence-electron chi connectivity index (χ0n) is 12.3. The Bertz CT molecular complexity index is 646. The number of anilines is 2. The maximum absolute atomic E-state index is 6.02. The second-order valence-corrected chi connectivity index (χ2v) is 5.18. The van der Waals surface area contributed by atoms with Crippen molar-refractivity contribution < 1.29 is 0 Å². The summed E-state index contributed by atoms with van der Waals surface area (Å²) in [5.41, 5.74) is 4.15. The molecule has 2 aromatic carbocycles. The van der Waals surface area contributed by atoms with Crippen molar-refractivity contribution in [1.29, 1.82) is 0 Å². The van der Waals surface area contributed by atoms with Crippen molar-refractivity contribution in [2.75, 3.05) is 5.32 Å². The molecular weight excluding hydrogens is 280 g/mol. The smallest absolute Gasteiger partial charge is 0.0660 e. The third kappa shape index (κ3) is 4.76. The van der Waals surface area contributed by atoms with Crippen LogP contribution in [0.1, 0.15) is 18.9 Å². The molecule has 0 aliphatic carbocycles. The second-order valence-electron chi connectivity index (χ2n) is 4.75.